The number of nitrogens with zero attached hydrogens (tertiary/aromatic N) is 2. The van der Waals surface area contributed by atoms with Gasteiger partial charge in [-0.05, 0) is 31.2 Å². The number of amides is 1. The third-order valence-electron chi connectivity index (χ3n) is 3.76. The van der Waals surface area contributed by atoms with Crippen molar-refractivity contribution in [2.75, 3.05) is 5.32 Å². The number of aryl methyl sites for hydroxylation is 1. The van der Waals surface area contributed by atoms with Crippen molar-refractivity contribution in [3.63, 3.8) is 0 Å². The number of aromatic carboxylic acids is 1. The average Bonchev–Trinajstić information content (AvgIpc) is 2.91. The summed E-state index contributed by atoms with van der Waals surface area (Å²) in [7, 11) is 0. The molecule has 2 aromatic heterocycles. The van der Waals surface area contributed by atoms with Crippen molar-refractivity contribution in [2.45, 2.75) is 13.1 Å². The Labute approximate surface area is 155 Å². The van der Waals surface area contributed by atoms with E-state index in [2.05, 4.69) is 10.3 Å². The molecule has 2 N–H and O–H groups in total. The fraction of sp³-hybridized carbons (Fsp3) is 0.118. The number of halogens is 4. The molecule has 3 aromatic rings. The fourth-order valence-electron chi connectivity index (χ4n) is 2.57. The highest BCUT2D eigenvalue weighted by Gasteiger charge is 2.33. The van der Waals surface area contributed by atoms with Crippen molar-refractivity contribution in [3.05, 3.63) is 64.1 Å². The van der Waals surface area contributed by atoms with E-state index in [4.69, 9.17) is 16.7 Å². The van der Waals surface area contributed by atoms with E-state index in [1.807, 2.05) is 0 Å². The van der Waals surface area contributed by atoms with Gasteiger partial charge in [-0.25, -0.2) is 9.78 Å². The summed E-state index contributed by atoms with van der Waals surface area (Å²) in [6, 6.07) is 6.19. The van der Waals surface area contributed by atoms with Crippen LogP contribution < -0.4 is 5.32 Å². The van der Waals surface area contributed by atoms with Crippen LogP contribution in [0.3, 0.4) is 0 Å². The Morgan fingerprint density at radius 2 is 1.96 bits per heavy atom. The van der Waals surface area contributed by atoms with E-state index in [0.29, 0.717) is 0 Å². The maximum atomic E-state index is 13.1. The first-order valence-corrected chi connectivity index (χ1v) is 7.86. The molecular weight excluding hydrogens is 387 g/mol. The van der Waals surface area contributed by atoms with Crippen LogP contribution in [-0.2, 0) is 6.18 Å². The van der Waals surface area contributed by atoms with Crippen LogP contribution in [-0.4, -0.2) is 26.4 Å². The summed E-state index contributed by atoms with van der Waals surface area (Å²) in [4.78, 5) is 27.7. The number of carboxylic acids is 1. The SMILES string of the molecule is Cc1nc2c(Cl)cc(C(F)(F)F)cn2c1C(=O)Nc1cccc(C(=O)O)c1. The highest BCUT2D eigenvalue weighted by atomic mass is 35.5. The number of rotatable bonds is 3. The van der Waals surface area contributed by atoms with Gasteiger partial charge in [0.05, 0.1) is 21.8 Å². The van der Waals surface area contributed by atoms with Gasteiger partial charge in [-0.2, -0.15) is 13.2 Å². The van der Waals surface area contributed by atoms with Crippen LogP contribution >= 0.6 is 11.6 Å². The highest BCUT2D eigenvalue weighted by molar-refractivity contribution is 6.33. The Kier molecular flexibility index (Phi) is 4.56. The van der Waals surface area contributed by atoms with E-state index in [-0.39, 0.29) is 33.3 Å². The van der Waals surface area contributed by atoms with Crippen molar-refractivity contribution in [2.24, 2.45) is 0 Å². The lowest BCUT2D eigenvalue weighted by atomic mass is 10.2. The molecule has 0 atom stereocenters. The summed E-state index contributed by atoms with van der Waals surface area (Å²) >= 11 is 5.89. The minimum Gasteiger partial charge on any atom is -0.478 e. The second kappa shape index (κ2) is 6.58. The topological polar surface area (TPSA) is 83.7 Å². The van der Waals surface area contributed by atoms with Gasteiger partial charge in [-0.1, -0.05) is 17.7 Å². The maximum absolute atomic E-state index is 13.1. The molecule has 1 amide bonds. The molecule has 27 heavy (non-hydrogen) atoms. The standard InChI is InChI=1S/C17H11ClF3N3O3/c1-8-13(15(25)23-11-4-2-3-9(5-11)16(26)27)24-7-10(17(19,20)21)6-12(18)14(24)22-8/h2-7H,1H3,(H,23,25)(H,26,27). The molecule has 1 aromatic carbocycles. The number of carboxylic acid groups (broad SMARTS) is 1. The normalized spacial score (nSPS) is 11.6. The Bertz CT molecular complexity index is 1080. The van der Waals surface area contributed by atoms with Gasteiger partial charge in [-0.15, -0.1) is 0 Å². The summed E-state index contributed by atoms with van der Waals surface area (Å²) in [5.74, 6) is -1.93. The molecule has 3 rings (SSSR count). The van der Waals surface area contributed by atoms with Gasteiger partial charge in [0.15, 0.2) is 5.65 Å². The fourth-order valence-corrected chi connectivity index (χ4v) is 2.82. The van der Waals surface area contributed by atoms with Gasteiger partial charge < -0.3 is 10.4 Å². The molecule has 0 unspecified atom stereocenters. The van der Waals surface area contributed by atoms with E-state index >= 15 is 0 Å². The summed E-state index contributed by atoms with van der Waals surface area (Å²) in [6.07, 6.45) is -3.91. The van der Waals surface area contributed by atoms with E-state index in [0.717, 1.165) is 16.7 Å². The van der Waals surface area contributed by atoms with Gasteiger partial charge in [0.1, 0.15) is 5.69 Å². The van der Waals surface area contributed by atoms with E-state index in [1.54, 1.807) is 0 Å². The lowest BCUT2D eigenvalue weighted by Crippen LogP contribution is -2.17. The lowest BCUT2D eigenvalue weighted by Gasteiger charge is -2.10. The lowest BCUT2D eigenvalue weighted by molar-refractivity contribution is -0.137. The van der Waals surface area contributed by atoms with Gasteiger partial charge in [-0.3, -0.25) is 9.20 Å². The van der Waals surface area contributed by atoms with Crippen molar-refractivity contribution < 1.29 is 27.9 Å². The minimum atomic E-state index is -4.65. The molecule has 0 saturated carbocycles. The maximum Gasteiger partial charge on any atom is 0.417 e. The number of aromatic nitrogens is 2. The summed E-state index contributed by atoms with van der Waals surface area (Å²) in [5, 5.41) is 11.2. The largest absolute Gasteiger partial charge is 0.478 e. The molecule has 0 aliphatic heterocycles. The molecule has 0 saturated heterocycles. The van der Waals surface area contributed by atoms with Crippen molar-refractivity contribution in [1.82, 2.24) is 9.38 Å². The van der Waals surface area contributed by atoms with E-state index in [1.165, 1.54) is 31.2 Å². The smallest absolute Gasteiger partial charge is 0.417 e. The summed E-state index contributed by atoms with van der Waals surface area (Å²) in [5.41, 5.74) is -0.870. The molecule has 0 spiro atoms. The van der Waals surface area contributed by atoms with Crippen LogP contribution in [0.1, 0.15) is 32.1 Å². The second-order valence-corrected chi connectivity index (χ2v) is 6.06. The number of alkyl halides is 3. The zero-order chi connectivity index (χ0) is 19.9. The second-order valence-electron chi connectivity index (χ2n) is 5.65. The first-order chi connectivity index (χ1) is 12.6. The van der Waals surface area contributed by atoms with Gasteiger partial charge in [0.25, 0.3) is 5.91 Å². The molecule has 0 aliphatic rings. The number of carbonyl (C=O) groups is 2. The minimum absolute atomic E-state index is 0.00611. The Morgan fingerprint density at radius 1 is 1.26 bits per heavy atom. The molecule has 10 heteroatoms. The van der Waals surface area contributed by atoms with Crippen LogP contribution in [0.5, 0.6) is 0 Å². The molecular formula is C17H11ClF3N3O3. The van der Waals surface area contributed by atoms with Crippen molar-refractivity contribution >= 4 is 34.8 Å². The predicted octanol–water partition coefficient (Wildman–Crippen LogP) is 4.27. The number of nitrogens with one attached hydrogen (secondary N) is 1. The average molecular weight is 398 g/mol. The van der Waals surface area contributed by atoms with Gasteiger partial charge >= 0.3 is 12.1 Å². The first-order valence-electron chi connectivity index (χ1n) is 7.48. The number of anilines is 1. The number of hydrogen-bond acceptors (Lipinski definition) is 3. The van der Waals surface area contributed by atoms with E-state index in [9.17, 15) is 22.8 Å². The number of hydrogen-bond donors (Lipinski definition) is 2. The van der Waals surface area contributed by atoms with Crippen LogP contribution in [0.15, 0.2) is 36.5 Å². The zero-order valence-corrected chi connectivity index (χ0v) is 14.4. The summed E-state index contributed by atoms with van der Waals surface area (Å²) in [6.45, 7) is 1.46. The van der Waals surface area contributed by atoms with E-state index < -0.39 is 23.6 Å². The van der Waals surface area contributed by atoms with Crippen molar-refractivity contribution in [1.29, 1.82) is 0 Å². The number of benzene rings is 1. The van der Waals surface area contributed by atoms with Gasteiger partial charge in [0, 0.05) is 11.9 Å². The monoisotopic (exact) mass is 397 g/mol. The number of carbonyl (C=O) groups excluding carboxylic acids is 1. The Balaban J connectivity index is 2.06. The first kappa shape index (κ1) is 18.7. The molecule has 0 fully saturated rings. The highest BCUT2D eigenvalue weighted by Crippen LogP contribution is 2.33. The van der Waals surface area contributed by atoms with Crippen LogP contribution in [0.25, 0.3) is 5.65 Å². The third kappa shape index (κ3) is 3.59. The molecule has 0 aliphatic carbocycles. The number of pyridine rings is 1. The Morgan fingerprint density at radius 3 is 2.59 bits per heavy atom. The third-order valence-corrected chi connectivity index (χ3v) is 4.04. The van der Waals surface area contributed by atoms with Gasteiger partial charge in [0.2, 0.25) is 0 Å². The Hall–Kier alpha value is -3.07. The molecule has 0 radical (unpaired) electrons. The van der Waals surface area contributed by atoms with Crippen LogP contribution in [0, 0.1) is 6.92 Å². The molecule has 140 valence electrons. The molecule has 2 heterocycles. The number of fused-ring (bicyclic) bond motifs is 1. The predicted molar refractivity (Wildman–Crippen MR) is 91.3 cm³/mol. The quantitative estimate of drug-likeness (QED) is 0.691. The zero-order valence-electron chi connectivity index (χ0n) is 13.6. The summed E-state index contributed by atoms with van der Waals surface area (Å²) < 4.78 is 40.1. The van der Waals surface area contributed by atoms with Crippen LogP contribution in [0.2, 0.25) is 5.02 Å². The van der Waals surface area contributed by atoms with Crippen LogP contribution in [0.4, 0.5) is 18.9 Å². The van der Waals surface area contributed by atoms with Crippen molar-refractivity contribution in [3.8, 4) is 0 Å². The molecule has 6 nitrogen and oxygen atoms in total. The number of imidazole rings is 1. The molecule has 0 bridgehead atoms.